The Morgan fingerprint density at radius 2 is 1.07 bits per heavy atom. The summed E-state index contributed by atoms with van der Waals surface area (Å²) in [6.07, 6.45) is 16.2. The van der Waals surface area contributed by atoms with Gasteiger partial charge in [-0.1, -0.05) is 31.2 Å². The van der Waals surface area contributed by atoms with Gasteiger partial charge in [-0.3, -0.25) is 34.4 Å². The van der Waals surface area contributed by atoms with Gasteiger partial charge in [0.1, 0.15) is 23.3 Å². The molecule has 4 atom stereocenters. The van der Waals surface area contributed by atoms with Gasteiger partial charge in [-0.15, -0.1) is 0 Å². The van der Waals surface area contributed by atoms with Gasteiger partial charge in [0.05, 0.1) is 35.0 Å². The Kier molecular flexibility index (Phi) is 21.5. The number of aromatic nitrogens is 8. The molecule has 0 saturated heterocycles. The number of H-pyrrole nitrogens is 2. The van der Waals surface area contributed by atoms with Gasteiger partial charge >= 0.3 is 6.03 Å². The number of pyridine rings is 4. The monoisotopic (exact) mass is 1470 g/mol. The SMILES string of the molecule is CC(C)NC(=O)Nc1cc2cc(-c3ccn(C)c3)cc(N)c2cn1.CCc1ccccc1-c1cc(N)c2cnc(NC(=O)Cc3ccn[nH]3)cc2c1.CN(C)S(=O)(=O)c1cc(N)c2cnc(NC(=O)[C@H]3C[C@@H]3C(N)=O)cc2c1.Cc1cc2[nH]ccc2cc1-c1cc(N)c2cnc(NC(=O)C3C[C@H]3C(N)=O)cc2c1. The Morgan fingerprint density at radius 1 is 0.574 bits per heavy atom. The van der Waals surface area contributed by atoms with Crippen molar-refractivity contribution in [1.29, 1.82) is 0 Å². The molecule has 28 nitrogen and oxygen atoms in total. The maximum atomic E-state index is 12.3. The summed E-state index contributed by atoms with van der Waals surface area (Å²) >= 11 is 0. The third-order valence-electron chi connectivity index (χ3n) is 18.6. The van der Waals surface area contributed by atoms with Crippen LogP contribution in [0.1, 0.15) is 50.4 Å². The highest BCUT2D eigenvalue weighted by atomic mass is 32.2. The number of carbonyl (C=O) groups is 6. The highest BCUT2D eigenvalue weighted by molar-refractivity contribution is 7.89. The first kappa shape index (κ1) is 74.4. The number of nitrogens with two attached hydrogens (primary N) is 6. The molecule has 0 radical (unpaired) electrons. The summed E-state index contributed by atoms with van der Waals surface area (Å²) in [6.45, 7) is 8.01. The van der Waals surface area contributed by atoms with E-state index in [1.807, 2.05) is 111 Å². The summed E-state index contributed by atoms with van der Waals surface area (Å²) in [5, 5.41) is 27.9. The second kappa shape index (κ2) is 31.2. The van der Waals surface area contributed by atoms with Crippen LogP contribution in [-0.4, -0.2) is 108 Å². The van der Waals surface area contributed by atoms with E-state index in [9.17, 15) is 37.2 Å². The lowest BCUT2D eigenvalue weighted by molar-refractivity contribution is -0.123. The van der Waals surface area contributed by atoms with Crippen molar-refractivity contribution in [2.75, 3.05) is 58.3 Å². The number of nitrogens with zero attached hydrogens (tertiary/aromatic N) is 7. The van der Waals surface area contributed by atoms with Crippen LogP contribution in [0.4, 0.5) is 50.8 Å². The molecule has 7 aromatic heterocycles. The molecule has 108 heavy (non-hydrogen) atoms. The van der Waals surface area contributed by atoms with E-state index < -0.39 is 33.7 Å². The van der Waals surface area contributed by atoms with E-state index in [1.54, 1.807) is 43.0 Å². The lowest BCUT2D eigenvalue weighted by Crippen LogP contribution is -2.34. The summed E-state index contributed by atoms with van der Waals surface area (Å²) in [6, 6.07) is 40.1. The van der Waals surface area contributed by atoms with Gasteiger partial charge in [-0.25, -0.2) is 37.5 Å². The number of primary amides is 2. The molecular weight excluding hydrogens is 1390 g/mol. The van der Waals surface area contributed by atoms with Gasteiger partial charge in [0.2, 0.25) is 39.6 Å². The zero-order chi connectivity index (χ0) is 77.0. The van der Waals surface area contributed by atoms with Gasteiger partial charge in [-0.2, -0.15) is 5.10 Å². The van der Waals surface area contributed by atoms with Crippen molar-refractivity contribution in [2.45, 2.75) is 64.3 Å². The second-order valence-electron chi connectivity index (χ2n) is 27.2. The molecule has 6 aromatic carbocycles. The van der Waals surface area contributed by atoms with Crippen LogP contribution in [0, 0.1) is 30.6 Å². The van der Waals surface area contributed by atoms with E-state index in [4.69, 9.17) is 34.4 Å². The van der Waals surface area contributed by atoms with Crippen LogP contribution < -0.4 is 61.0 Å². The highest BCUT2D eigenvalue weighted by Crippen LogP contribution is 2.41. The van der Waals surface area contributed by atoms with Crippen molar-refractivity contribution in [3.63, 3.8) is 0 Å². The summed E-state index contributed by atoms with van der Waals surface area (Å²) in [7, 11) is 1.19. The number of carbonyl (C=O) groups excluding carboxylic acids is 6. The molecule has 2 saturated carbocycles. The van der Waals surface area contributed by atoms with Gasteiger partial charge in [0.15, 0.2) is 0 Å². The van der Waals surface area contributed by atoms with Crippen LogP contribution in [0.2, 0.25) is 0 Å². The zero-order valence-electron chi connectivity index (χ0n) is 60.2. The Balaban J connectivity index is 0.000000135. The number of hydrogen-bond donors (Lipinski definition) is 13. The summed E-state index contributed by atoms with van der Waals surface area (Å²) < 4.78 is 27.7. The molecule has 0 spiro atoms. The summed E-state index contributed by atoms with van der Waals surface area (Å²) in [5.41, 5.74) is 48.1. The van der Waals surface area contributed by atoms with Crippen LogP contribution in [0.5, 0.6) is 0 Å². The van der Waals surface area contributed by atoms with E-state index in [0.29, 0.717) is 58.1 Å². The fourth-order valence-electron chi connectivity index (χ4n) is 12.7. The van der Waals surface area contributed by atoms with Crippen molar-refractivity contribution in [3.8, 4) is 33.4 Å². The third kappa shape index (κ3) is 17.1. The van der Waals surface area contributed by atoms with Crippen molar-refractivity contribution >= 4 is 146 Å². The van der Waals surface area contributed by atoms with Gasteiger partial charge in [0.25, 0.3) is 0 Å². The molecular formula is C79H82N20O8S. The maximum Gasteiger partial charge on any atom is 0.320 e. The average molecular weight is 1470 g/mol. The lowest BCUT2D eigenvalue weighted by atomic mass is 9.95. The fraction of sp³-hybridized carbons (Fsp3) is 0.203. The van der Waals surface area contributed by atoms with Gasteiger partial charge in [-0.05, 0) is 215 Å². The molecule has 0 bridgehead atoms. The van der Waals surface area contributed by atoms with Gasteiger partial charge < -0.3 is 65.2 Å². The molecule has 2 aliphatic carbocycles. The van der Waals surface area contributed by atoms with E-state index in [0.717, 1.165) is 93.0 Å². The van der Waals surface area contributed by atoms with Crippen molar-refractivity contribution in [3.05, 3.63) is 194 Å². The molecule has 552 valence electrons. The number of amides is 7. The van der Waals surface area contributed by atoms with E-state index in [-0.39, 0.29) is 64.5 Å². The highest BCUT2D eigenvalue weighted by Gasteiger charge is 2.48. The first-order valence-corrected chi connectivity index (χ1v) is 36.1. The molecule has 0 aliphatic heterocycles. The van der Waals surface area contributed by atoms with E-state index in [2.05, 4.69) is 106 Å². The Hall–Kier alpha value is -13.3. The largest absolute Gasteiger partial charge is 0.398 e. The van der Waals surface area contributed by atoms with Crippen LogP contribution in [0.25, 0.3) is 87.4 Å². The predicted octanol–water partition coefficient (Wildman–Crippen LogP) is 10.8. The number of fused-ring (bicyclic) bond motifs is 5. The summed E-state index contributed by atoms with van der Waals surface area (Å²) in [5.74, 6) is -1.64. The van der Waals surface area contributed by atoms with Crippen molar-refractivity contribution < 1.29 is 37.2 Å². The van der Waals surface area contributed by atoms with Crippen LogP contribution in [0.15, 0.2) is 182 Å². The number of aromatic amines is 2. The molecule has 13 aromatic rings. The molecule has 2 fully saturated rings. The summed E-state index contributed by atoms with van der Waals surface area (Å²) in [4.78, 5) is 91.1. The third-order valence-corrected chi connectivity index (χ3v) is 20.4. The number of rotatable bonds is 17. The number of aryl methyl sites for hydroxylation is 3. The van der Waals surface area contributed by atoms with Crippen LogP contribution >= 0.6 is 0 Å². The minimum Gasteiger partial charge on any atom is -0.398 e. The van der Waals surface area contributed by atoms with Crippen molar-refractivity contribution in [2.24, 2.45) is 42.2 Å². The fourth-order valence-corrected chi connectivity index (χ4v) is 13.7. The lowest BCUT2D eigenvalue weighted by Gasteiger charge is -2.13. The number of sulfonamides is 1. The normalized spacial score (nSPS) is 14.9. The minimum atomic E-state index is -3.65. The van der Waals surface area contributed by atoms with E-state index in [1.165, 1.54) is 43.6 Å². The molecule has 2 aliphatic rings. The number of anilines is 8. The second-order valence-corrected chi connectivity index (χ2v) is 29.4. The van der Waals surface area contributed by atoms with Crippen LogP contribution in [0.3, 0.4) is 0 Å². The number of nitrogens with one attached hydrogen (secondary N) is 7. The molecule has 7 amide bonds. The number of nitrogen functional groups attached to an aromatic ring is 4. The molecule has 29 heteroatoms. The Bertz CT molecular complexity index is 5800. The number of urea groups is 1. The molecule has 19 N–H and O–H groups in total. The molecule has 1 unspecified atom stereocenters. The minimum absolute atomic E-state index is 0.0481. The first-order valence-electron chi connectivity index (χ1n) is 34.6. The molecule has 7 heterocycles. The predicted molar refractivity (Wildman–Crippen MR) is 424 cm³/mol. The van der Waals surface area contributed by atoms with E-state index >= 15 is 0 Å². The van der Waals surface area contributed by atoms with Crippen LogP contribution in [-0.2, 0) is 53.9 Å². The van der Waals surface area contributed by atoms with Crippen molar-refractivity contribution in [1.82, 2.24) is 49.3 Å². The standard InChI is InChI=1S/C23H21N5O2.C22H21N5O.C18H21N5O.C16H19N5O4S/c1-11-4-20-12(2-3-26-20)6-15(11)13-5-14-8-21(27-10-18(14)19(24)7-13)28-23(30)17-9-16(17)22(25)29;1-2-14-5-3-4-6-18(14)15-9-16-11-21(24-13-19(16)20(23)10-15)26-22(28)12-17-7-8-25-27-17;1-11(2)21-18(24)22-17-8-14-6-13(12-4-5-23(3)10-12)7-16(19)15(14)9-20-17;1-21(2)26(24,25)9-3-8-4-14(19-7-12(8)13(17)5-9)20-16(23)11-6-10(11)15(18)22/h2-8,10,16-17,26H,9,24H2,1H3,(H2,25,29)(H,27,28,30);3-11,13H,2,12,23H2,1H3,(H,25,27)(H,24,26,28);4-11H,19H2,1-3H3,(H2,20,21,22,24);3-5,7,10-11H,6,17H2,1-2H3,(H2,18,22)(H,19,20,23)/t16-,17?;;;10-,11-/m1..0/s1. The average Bonchev–Trinajstić information content (AvgIpc) is 1.11. The first-order chi connectivity index (χ1) is 51.6. The quantitative estimate of drug-likeness (QED) is 0.0377. The number of benzene rings is 6. The Labute approximate surface area is 620 Å². The van der Waals surface area contributed by atoms with Gasteiger partial charge in [0, 0.05) is 132 Å². The number of hydrogen-bond acceptors (Lipinski definition) is 17. The topological polar surface area (TPSA) is 457 Å². The molecule has 15 rings (SSSR count). The zero-order valence-corrected chi connectivity index (χ0v) is 61.0. The Morgan fingerprint density at radius 3 is 1.56 bits per heavy atom. The maximum absolute atomic E-state index is 12.3. The smallest absolute Gasteiger partial charge is 0.320 e.